The van der Waals surface area contributed by atoms with Gasteiger partial charge in [-0.15, -0.1) is 0 Å². The highest BCUT2D eigenvalue weighted by Gasteiger charge is 2.11. The molecular formula is C12H23N5. The minimum atomic E-state index is 0.943. The summed E-state index contributed by atoms with van der Waals surface area (Å²) in [6, 6.07) is 0. The second kappa shape index (κ2) is 6.14. The number of nitrogens with one attached hydrogen (secondary N) is 1. The number of hydrogen-bond donors (Lipinski definition) is 1. The van der Waals surface area contributed by atoms with Crippen molar-refractivity contribution in [3.05, 3.63) is 18.2 Å². The molecule has 1 aromatic heterocycles. The number of likely N-dealkylation sites (N-methyl/N-ethyl adjacent to an activating group) is 1. The van der Waals surface area contributed by atoms with Crippen molar-refractivity contribution in [3.8, 4) is 0 Å². The van der Waals surface area contributed by atoms with Gasteiger partial charge in [-0.2, -0.15) is 0 Å². The van der Waals surface area contributed by atoms with Gasteiger partial charge in [-0.3, -0.25) is 4.90 Å². The van der Waals surface area contributed by atoms with E-state index >= 15 is 0 Å². The first-order chi connectivity index (χ1) is 8.25. The van der Waals surface area contributed by atoms with Crippen molar-refractivity contribution >= 4 is 0 Å². The van der Waals surface area contributed by atoms with Gasteiger partial charge >= 0.3 is 0 Å². The maximum absolute atomic E-state index is 4.39. The fourth-order valence-corrected chi connectivity index (χ4v) is 2.07. The molecule has 2 rings (SSSR count). The van der Waals surface area contributed by atoms with Crippen LogP contribution in [0.1, 0.15) is 5.82 Å². The Morgan fingerprint density at radius 2 is 2.00 bits per heavy atom. The van der Waals surface area contributed by atoms with Crippen molar-refractivity contribution in [1.82, 2.24) is 24.7 Å². The van der Waals surface area contributed by atoms with E-state index in [0.717, 1.165) is 51.6 Å². The second-order valence-corrected chi connectivity index (χ2v) is 4.78. The summed E-state index contributed by atoms with van der Waals surface area (Å²) >= 11 is 0. The first-order valence-electron chi connectivity index (χ1n) is 6.33. The molecule has 2 heterocycles. The predicted octanol–water partition coefficient (Wildman–Crippen LogP) is -0.243. The zero-order valence-electron chi connectivity index (χ0n) is 10.9. The molecule has 1 N–H and O–H groups in total. The van der Waals surface area contributed by atoms with Crippen LogP contribution in [0.5, 0.6) is 0 Å². The fraction of sp³-hybridized carbons (Fsp3) is 0.750. The molecule has 0 saturated carbocycles. The summed E-state index contributed by atoms with van der Waals surface area (Å²) in [5, 5.41) is 3.47. The molecule has 5 nitrogen and oxygen atoms in total. The molecule has 0 unspecified atom stereocenters. The van der Waals surface area contributed by atoms with Crippen LogP contribution in [0.15, 0.2) is 12.4 Å². The molecule has 96 valence electrons. The summed E-state index contributed by atoms with van der Waals surface area (Å²) in [6.07, 6.45) is 3.88. The molecule has 0 radical (unpaired) electrons. The molecular weight excluding hydrogens is 214 g/mol. The molecule has 0 spiro atoms. The second-order valence-electron chi connectivity index (χ2n) is 4.78. The standard InChI is InChI=1S/C12H23N5/c1-15-6-3-13-4-8-17(10-9-15)11-12-14-5-7-16(12)2/h5,7,13H,3-4,6,8-11H2,1-2H3. The molecule has 1 aliphatic rings. The van der Waals surface area contributed by atoms with Gasteiger partial charge in [0, 0.05) is 58.7 Å². The number of imidazole rings is 1. The zero-order chi connectivity index (χ0) is 12.1. The molecule has 0 bridgehead atoms. The third kappa shape index (κ3) is 3.80. The zero-order valence-corrected chi connectivity index (χ0v) is 10.9. The number of nitrogens with zero attached hydrogens (tertiary/aromatic N) is 4. The Labute approximate surface area is 103 Å². The van der Waals surface area contributed by atoms with Gasteiger partial charge in [0.05, 0.1) is 6.54 Å². The average molecular weight is 237 g/mol. The first kappa shape index (κ1) is 12.5. The van der Waals surface area contributed by atoms with E-state index in [0.29, 0.717) is 0 Å². The lowest BCUT2D eigenvalue weighted by molar-refractivity contribution is 0.229. The summed E-state index contributed by atoms with van der Waals surface area (Å²) in [4.78, 5) is 9.24. The van der Waals surface area contributed by atoms with E-state index in [4.69, 9.17) is 0 Å². The van der Waals surface area contributed by atoms with Gasteiger partial charge in [-0.1, -0.05) is 0 Å². The molecule has 0 atom stereocenters. The van der Waals surface area contributed by atoms with Gasteiger partial charge in [-0.05, 0) is 7.05 Å². The van der Waals surface area contributed by atoms with Gasteiger partial charge in [0.1, 0.15) is 5.82 Å². The van der Waals surface area contributed by atoms with Crippen LogP contribution in [0, 0.1) is 0 Å². The van der Waals surface area contributed by atoms with E-state index in [1.165, 1.54) is 0 Å². The van der Waals surface area contributed by atoms with Crippen molar-refractivity contribution in [1.29, 1.82) is 0 Å². The molecule has 0 aromatic carbocycles. The van der Waals surface area contributed by atoms with E-state index in [1.807, 2.05) is 12.4 Å². The Balaban J connectivity index is 1.91. The number of aryl methyl sites for hydroxylation is 1. The highest BCUT2D eigenvalue weighted by atomic mass is 15.2. The van der Waals surface area contributed by atoms with Crippen LogP contribution < -0.4 is 5.32 Å². The van der Waals surface area contributed by atoms with Crippen LogP contribution in [-0.2, 0) is 13.6 Å². The van der Waals surface area contributed by atoms with E-state index < -0.39 is 0 Å². The van der Waals surface area contributed by atoms with E-state index in [-0.39, 0.29) is 0 Å². The van der Waals surface area contributed by atoms with Crippen LogP contribution in [0.2, 0.25) is 0 Å². The minimum Gasteiger partial charge on any atom is -0.337 e. The maximum atomic E-state index is 4.39. The summed E-state index contributed by atoms with van der Waals surface area (Å²) in [7, 11) is 4.24. The van der Waals surface area contributed by atoms with Crippen LogP contribution >= 0.6 is 0 Å². The minimum absolute atomic E-state index is 0.943. The topological polar surface area (TPSA) is 36.3 Å². The van der Waals surface area contributed by atoms with Crippen molar-refractivity contribution in [2.75, 3.05) is 46.3 Å². The SMILES string of the molecule is CN1CCNCCN(Cc2nccn2C)CC1. The van der Waals surface area contributed by atoms with Crippen molar-refractivity contribution < 1.29 is 0 Å². The highest BCUT2D eigenvalue weighted by Crippen LogP contribution is 2.02. The lowest BCUT2D eigenvalue weighted by atomic mass is 10.4. The number of rotatable bonds is 2. The van der Waals surface area contributed by atoms with E-state index in [1.54, 1.807) is 0 Å². The monoisotopic (exact) mass is 237 g/mol. The fourth-order valence-electron chi connectivity index (χ4n) is 2.07. The summed E-state index contributed by atoms with van der Waals surface area (Å²) < 4.78 is 2.10. The summed E-state index contributed by atoms with van der Waals surface area (Å²) in [5.41, 5.74) is 0. The molecule has 1 fully saturated rings. The van der Waals surface area contributed by atoms with Gasteiger partial charge in [-0.25, -0.2) is 4.98 Å². The van der Waals surface area contributed by atoms with Crippen molar-refractivity contribution in [3.63, 3.8) is 0 Å². The van der Waals surface area contributed by atoms with Crippen LogP contribution in [-0.4, -0.2) is 65.7 Å². The normalized spacial score (nSPS) is 20.8. The molecule has 1 saturated heterocycles. The van der Waals surface area contributed by atoms with Crippen LogP contribution in [0.3, 0.4) is 0 Å². The lowest BCUT2D eigenvalue weighted by Crippen LogP contribution is -2.34. The van der Waals surface area contributed by atoms with Gasteiger partial charge in [0.25, 0.3) is 0 Å². The third-order valence-electron chi connectivity index (χ3n) is 3.36. The highest BCUT2D eigenvalue weighted by molar-refractivity contribution is 4.91. The van der Waals surface area contributed by atoms with Crippen LogP contribution in [0.4, 0.5) is 0 Å². The average Bonchev–Trinajstić information content (AvgIpc) is 2.73. The van der Waals surface area contributed by atoms with Crippen molar-refractivity contribution in [2.24, 2.45) is 7.05 Å². The Kier molecular flexibility index (Phi) is 4.53. The Morgan fingerprint density at radius 1 is 1.18 bits per heavy atom. The Hall–Kier alpha value is -0.910. The molecule has 1 aliphatic heterocycles. The summed E-state index contributed by atoms with van der Waals surface area (Å²) in [6.45, 7) is 7.58. The number of hydrogen-bond acceptors (Lipinski definition) is 4. The predicted molar refractivity (Wildman–Crippen MR) is 68.9 cm³/mol. The summed E-state index contributed by atoms with van der Waals surface area (Å²) in [5.74, 6) is 1.15. The van der Waals surface area contributed by atoms with Gasteiger partial charge in [0.2, 0.25) is 0 Å². The largest absolute Gasteiger partial charge is 0.337 e. The maximum Gasteiger partial charge on any atom is 0.122 e. The third-order valence-corrected chi connectivity index (χ3v) is 3.36. The number of aromatic nitrogens is 2. The molecule has 17 heavy (non-hydrogen) atoms. The lowest BCUT2D eigenvalue weighted by Gasteiger charge is -2.23. The molecule has 0 aliphatic carbocycles. The van der Waals surface area contributed by atoms with Crippen molar-refractivity contribution in [2.45, 2.75) is 6.54 Å². The molecule has 5 heteroatoms. The van der Waals surface area contributed by atoms with Gasteiger partial charge < -0.3 is 14.8 Å². The van der Waals surface area contributed by atoms with E-state index in [2.05, 4.69) is 38.8 Å². The van der Waals surface area contributed by atoms with Crippen LogP contribution in [0.25, 0.3) is 0 Å². The Morgan fingerprint density at radius 3 is 2.76 bits per heavy atom. The Bertz CT molecular complexity index is 335. The van der Waals surface area contributed by atoms with E-state index in [9.17, 15) is 0 Å². The quantitative estimate of drug-likeness (QED) is 0.770. The molecule has 1 aromatic rings. The molecule has 0 amide bonds. The first-order valence-corrected chi connectivity index (χ1v) is 6.33. The smallest absolute Gasteiger partial charge is 0.122 e. The van der Waals surface area contributed by atoms with Gasteiger partial charge in [0.15, 0.2) is 0 Å².